The number of alkyl halides is 2. The SMILES string of the molecule is COC(=O)c1ccc(F)c(N2CCC(F)(F)CC2)n1. The van der Waals surface area contributed by atoms with Crippen LogP contribution in [0.3, 0.4) is 0 Å². The molecule has 4 nitrogen and oxygen atoms in total. The molecule has 0 spiro atoms. The fourth-order valence-corrected chi connectivity index (χ4v) is 1.92. The summed E-state index contributed by atoms with van der Waals surface area (Å²) in [5, 5.41) is 0. The topological polar surface area (TPSA) is 42.4 Å². The van der Waals surface area contributed by atoms with E-state index in [9.17, 15) is 18.0 Å². The molecule has 1 aliphatic rings. The van der Waals surface area contributed by atoms with Crippen LogP contribution in [0.25, 0.3) is 0 Å². The van der Waals surface area contributed by atoms with Gasteiger partial charge in [-0.05, 0) is 12.1 Å². The number of carbonyl (C=O) groups is 1. The Balaban J connectivity index is 2.22. The lowest BCUT2D eigenvalue weighted by atomic mass is 10.1. The number of pyridine rings is 1. The van der Waals surface area contributed by atoms with Gasteiger partial charge in [-0.25, -0.2) is 22.9 Å². The van der Waals surface area contributed by atoms with Crippen molar-refractivity contribution in [3.05, 3.63) is 23.6 Å². The molecule has 1 aromatic heterocycles. The molecule has 0 saturated carbocycles. The normalized spacial score (nSPS) is 18.2. The van der Waals surface area contributed by atoms with Gasteiger partial charge in [-0.15, -0.1) is 0 Å². The maximum absolute atomic E-state index is 13.7. The monoisotopic (exact) mass is 274 g/mol. The second kappa shape index (κ2) is 5.07. The van der Waals surface area contributed by atoms with Gasteiger partial charge in [0, 0.05) is 25.9 Å². The quantitative estimate of drug-likeness (QED) is 0.776. The highest BCUT2D eigenvalue weighted by Crippen LogP contribution is 2.30. The number of methoxy groups -OCH3 is 1. The molecule has 19 heavy (non-hydrogen) atoms. The van der Waals surface area contributed by atoms with Gasteiger partial charge in [0.2, 0.25) is 0 Å². The molecule has 1 aromatic rings. The predicted molar refractivity (Wildman–Crippen MR) is 61.9 cm³/mol. The first-order valence-corrected chi connectivity index (χ1v) is 5.80. The molecule has 0 N–H and O–H groups in total. The summed E-state index contributed by atoms with van der Waals surface area (Å²) in [4.78, 5) is 16.6. The molecule has 2 rings (SSSR count). The molecule has 1 fully saturated rings. The van der Waals surface area contributed by atoms with Gasteiger partial charge in [-0.1, -0.05) is 0 Å². The molecular formula is C12H13F3N2O2. The molecule has 104 valence electrons. The Morgan fingerprint density at radius 1 is 1.37 bits per heavy atom. The van der Waals surface area contributed by atoms with Gasteiger partial charge >= 0.3 is 5.97 Å². The lowest BCUT2D eigenvalue weighted by Crippen LogP contribution is -2.40. The van der Waals surface area contributed by atoms with Gasteiger partial charge in [-0.3, -0.25) is 0 Å². The summed E-state index contributed by atoms with van der Waals surface area (Å²) in [6.45, 7) is 0.00307. The predicted octanol–water partition coefficient (Wildman–Crippen LogP) is 2.24. The molecule has 0 aliphatic carbocycles. The first-order chi connectivity index (χ1) is 8.93. The smallest absolute Gasteiger partial charge is 0.356 e. The zero-order valence-electron chi connectivity index (χ0n) is 10.3. The second-order valence-electron chi connectivity index (χ2n) is 4.34. The van der Waals surface area contributed by atoms with Crippen molar-refractivity contribution in [2.24, 2.45) is 0 Å². The van der Waals surface area contributed by atoms with Crippen molar-refractivity contribution in [3.63, 3.8) is 0 Å². The lowest BCUT2D eigenvalue weighted by Gasteiger charge is -2.32. The summed E-state index contributed by atoms with van der Waals surface area (Å²) >= 11 is 0. The van der Waals surface area contributed by atoms with Crippen molar-refractivity contribution in [1.29, 1.82) is 0 Å². The van der Waals surface area contributed by atoms with E-state index in [0.29, 0.717) is 0 Å². The van der Waals surface area contributed by atoms with Crippen LogP contribution in [0, 0.1) is 5.82 Å². The van der Waals surface area contributed by atoms with Crippen LogP contribution >= 0.6 is 0 Å². The fraction of sp³-hybridized carbons (Fsp3) is 0.500. The average Bonchev–Trinajstić information content (AvgIpc) is 2.39. The zero-order chi connectivity index (χ0) is 14.0. The molecule has 1 saturated heterocycles. The van der Waals surface area contributed by atoms with E-state index < -0.39 is 17.7 Å². The molecule has 0 radical (unpaired) electrons. The summed E-state index contributed by atoms with van der Waals surface area (Å²) in [5.41, 5.74) is -0.0452. The van der Waals surface area contributed by atoms with Crippen molar-refractivity contribution in [1.82, 2.24) is 4.98 Å². The Morgan fingerprint density at radius 3 is 2.58 bits per heavy atom. The molecule has 0 amide bonds. The van der Waals surface area contributed by atoms with Gasteiger partial charge in [-0.2, -0.15) is 0 Å². The van der Waals surface area contributed by atoms with Crippen LogP contribution in [-0.2, 0) is 4.74 Å². The number of hydrogen-bond donors (Lipinski definition) is 0. The van der Waals surface area contributed by atoms with E-state index in [0.717, 1.165) is 6.07 Å². The third kappa shape index (κ3) is 2.97. The third-order valence-corrected chi connectivity index (χ3v) is 3.02. The number of halogens is 3. The molecule has 7 heteroatoms. The Morgan fingerprint density at radius 2 is 2.00 bits per heavy atom. The molecular weight excluding hydrogens is 261 g/mol. The van der Waals surface area contributed by atoms with Crippen LogP contribution in [0.4, 0.5) is 19.0 Å². The van der Waals surface area contributed by atoms with E-state index in [1.165, 1.54) is 18.1 Å². The number of ether oxygens (including phenoxy) is 1. The Bertz CT molecular complexity index is 484. The molecule has 0 bridgehead atoms. The van der Waals surface area contributed by atoms with Gasteiger partial charge < -0.3 is 9.64 Å². The molecule has 0 aromatic carbocycles. The largest absolute Gasteiger partial charge is 0.464 e. The summed E-state index contributed by atoms with van der Waals surface area (Å²) in [5.74, 6) is -4.13. The maximum Gasteiger partial charge on any atom is 0.356 e. The van der Waals surface area contributed by atoms with Crippen LogP contribution in [0.2, 0.25) is 0 Å². The van der Waals surface area contributed by atoms with Crippen molar-refractivity contribution < 1.29 is 22.7 Å². The van der Waals surface area contributed by atoms with E-state index in [1.807, 2.05) is 0 Å². The maximum atomic E-state index is 13.7. The second-order valence-corrected chi connectivity index (χ2v) is 4.34. The van der Waals surface area contributed by atoms with Crippen LogP contribution in [0.5, 0.6) is 0 Å². The number of piperidine rings is 1. The summed E-state index contributed by atoms with van der Waals surface area (Å²) in [6.07, 6.45) is -0.701. The summed E-state index contributed by atoms with van der Waals surface area (Å²) < 4.78 is 44.2. The first-order valence-electron chi connectivity index (χ1n) is 5.80. The number of hydrogen-bond acceptors (Lipinski definition) is 4. The molecule has 0 unspecified atom stereocenters. The number of esters is 1. The van der Waals surface area contributed by atoms with E-state index in [1.54, 1.807) is 0 Å². The van der Waals surface area contributed by atoms with Crippen LogP contribution < -0.4 is 4.90 Å². The van der Waals surface area contributed by atoms with Crippen molar-refractivity contribution in [2.45, 2.75) is 18.8 Å². The van der Waals surface area contributed by atoms with Crippen LogP contribution in [0.1, 0.15) is 23.3 Å². The number of carbonyl (C=O) groups excluding carboxylic acids is 1. The van der Waals surface area contributed by atoms with Gasteiger partial charge in [0.25, 0.3) is 5.92 Å². The number of anilines is 1. The minimum Gasteiger partial charge on any atom is -0.464 e. The van der Waals surface area contributed by atoms with E-state index in [2.05, 4.69) is 9.72 Å². The summed E-state index contributed by atoms with van der Waals surface area (Å²) in [7, 11) is 1.19. The van der Waals surface area contributed by atoms with Crippen molar-refractivity contribution >= 4 is 11.8 Å². The fourth-order valence-electron chi connectivity index (χ4n) is 1.92. The number of rotatable bonds is 2. The van der Waals surface area contributed by atoms with Crippen molar-refractivity contribution in [2.75, 3.05) is 25.1 Å². The standard InChI is InChI=1S/C12H13F3N2O2/c1-19-11(18)9-3-2-8(13)10(16-9)17-6-4-12(14,15)5-7-17/h2-3H,4-7H2,1H3. The van der Waals surface area contributed by atoms with E-state index >= 15 is 0 Å². The number of aromatic nitrogens is 1. The Kier molecular flexibility index (Phi) is 3.64. The highest BCUT2D eigenvalue weighted by Gasteiger charge is 2.35. The summed E-state index contributed by atoms with van der Waals surface area (Å²) in [6, 6.07) is 2.28. The van der Waals surface area contributed by atoms with Crippen molar-refractivity contribution in [3.8, 4) is 0 Å². The molecule has 0 atom stereocenters. The van der Waals surface area contributed by atoms with Gasteiger partial charge in [0.15, 0.2) is 17.3 Å². The third-order valence-electron chi connectivity index (χ3n) is 3.02. The lowest BCUT2D eigenvalue weighted by molar-refractivity contribution is -0.0222. The zero-order valence-corrected chi connectivity index (χ0v) is 10.3. The first kappa shape index (κ1) is 13.6. The van der Waals surface area contributed by atoms with E-state index in [-0.39, 0.29) is 37.4 Å². The van der Waals surface area contributed by atoms with Crippen LogP contribution in [-0.4, -0.2) is 37.1 Å². The van der Waals surface area contributed by atoms with Gasteiger partial charge in [0.05, 0.1) is 7.11 Å². The number of nitrogens with zero attached hydrogens (tertiary/aromatic N) is 2. The average molecular weight is 274 g/mol. The van der Waals surface area contributed by atoms with E-state index in [4.69, 9.17) is 0 Å². The van der Waals surface area contributed by atoms with Crippen LogP contribution in [0.15, 0.2) is 12.1 Å². The highest BCUT2D eigenvalue weighted by molar-refractivity contribution is 5.87. The minimum atomic E-state index is -2.72. The molecule has 1 aliphatic heterocycles. The van der Waals surface area contributed by atoms with Gasteiger partial charge in [0.1, 0.15) is 0 Å². The highest BCUT2D eigenvalue weighted by atomic mass is 19.3. The Labute approximate surface area is 108 Å². The molecule has 2 heterocycles. The Hall–Kier alpha value is -1.79. The minimum absolute atomic E-state index is 0.00153.